The Hall–Kier alpha value is -2.32. The van der Waals surface area contributed by atoms with Crippen LogP contribution in [-0.2, 0) is 11.2 Å². The maximum absolute atomic E-state index is 5.71. The van der Waals surface area contributed by atoms with E-state index in [4.69, 9.17) is 4.74 Å². The fraction of sp³-hybridized carbons (Fsp3) is 0.304. The van der Waals surface area contributed by atoms with E-state index in [1.807, 2.05) is 0 Å². The van der Waals surface area contributed by atoms with E-state index in [0.717, 1.165) is 26.1 Å². The average molecular weight is 333 g/mol. The Morgan fingerprint density at radius 2 is 1.60 bits per heavy atom. The van der Waals surface area contributed by atoms with Crippen LogP contribution in [0.15, 0.2) is 60.7 Å². The summed E-state index contributed by atoms with van der Waals surface area (Å²) in [5.41, 5.74) is 7.63. The van der Waals surface area contributed by atoms with Gasteiger partial charge in [0.15, 0.2) is 0 Å². The Kier molecular flexibility index (Phi) is 5.72. The Balaban J connectivity index is 2.01. The summed E-state index contributed by atoms with van der Waals surface area (Å²) >= 11 is 0. The maximum Gasteiger partial charge on any atom is 0.0534 e. The number of ether oxygens (including phenoxy) is 1. The standard InChI is InChI=1S/C23H27NO/c1-4-15-25-16-14-21-17-23(20-12-10-18(2)11-13-20)24(19(21)3)22-8-6-5-7-9-22/h5-13,17H,4,14-16H2,1-3H3. The summed E-state index contributed by atoms with van der Waals surface area (Å²) in [7, 11) is 0. The number of benzene rings is 2. The molecule has 1 aromatic heterocycles. The zero-order valence-corrected chi connectivity index (χ0v) is 15.5. The molecule has 25 heavy (non-hydrogen) atoms. The van der Waals surface area contributed by atoms with Crippen LogP contribution >= 0.6 is 0 Å². The van der Waals surface area contributed by atoms with E-state index >= 15 is 0 Å². The predicted octanol–water partition coefficient (Wildman–Crippen LogP) is 5.73. The molecule has 0 aliphatic carbocycles. The van der Waals surface area contributed by atoms with Crippen LogP contribution in [0.5, 0.6) is 0 Å². The van der Waals surface area contributed by atoms with Crippen molar-refractivity contribution >= 4 is 0 Å². The Labute approximate surface area is 151 Å². The molecule has 0 saturated heterocycles. The smallest absolute Gasteiger partial charge is 0.0534 e. The van der Waals surface area contributed by atoms with Crippen molar-refractivity contribution in [1.82, 2.24) is 4.57 Å². The molecule has 0 fully saturated rings. The highest BCUT2D eigenvalue weighted by molar-refractivity contribution is 5.66. The Morgan fingerprint density at radius 3 is 2.28 bits per heavy atom. The second-order valence-electron chi connectivity index (χ2n) is 6.54. The van der Waals surface area contributed by atoms with E-state index in [0.29, 0.717) is 0 Å². The lowest BCUT2D eigenvalue weighted by atomic mass is 10.1. The largest absolute Gasteiger partial charge is 0.381 e. The summed E-state index contributed by atoms with van der Waals surface area (Å²) in [6, 6.07) is 21.7. The van der Waals surface area contributed by atoms with Gasteiger partial charge in [-0.3, -0.25) is 0 Å². The van der Waals surface area contributed by atoms with Gasteiger partial charge < -0.3 is 9.30 Å². The molecule has 1 heterocycles. The van der Waals surface area contributed by atoms with Gasteiger partial charge in [-0.05, 0) is 56.0 Å². The van der Waals surface area contributed by atoms with Crippen molar-refractivity contribution < 1.29 is 4.74 Å². The van der Waals surface area contributed by atoms with Crippen LogP contribution in [0.3, 0.4) is 0 Å². The third-order valence-corrected chi connectivity index (χ3v) is 4.58. The molecule has 0 spiro atoms. The van der Waals surface area contributed by atoms with E-state index in [1.54, 1.807) is 0 Å². The monoisotopic (exact) mass is 333 g/mol. The minimum Gasteiger partial charge on any atom is -0.381 e. The molecule has 3 aromatic rings. The minimum absolute atomic E-state index is 0.779. The average Bonchev–Trinajstić information content (AvgIpc) is 2.97. The van der Waals surface area contributed by atoms with Gasteiger partial charge >= 0.3 is 0 Å². The zero-order valence-electron chi connectivity index (χ0n) is 15.5. The number of hydrogen-bond acceptors (Lipinski definition) is 1. The topological polar surface area (TPSA) is 14.2 Å². The summed E-state index contributed by atoms with van der Waals surface area (Å²) < 4.78 is 8.07. The van der Waals surface area contributed by atoms with E-state index in [1.165, 1.54) is 33.8 Å². The normalized spacial score (nSPS) is 11.0. The molecule has 0 aliphatic heterocycles. The van der Waals surface area contributed by atoms with Gasteiger partial charge in [0.1, 0.15) is 0 Å². The van der Waals surface area contributed by atoms with Crippen LogP contribution in [0, 0.1) is 13.8 Å². The first-order valence-electron chi connectivity index (χ1n) is 9.12. The predicted molar refractivity (Wildman–Crippen MR) is 105 cm³/mol. The quantitative estimate of drug-likeness (QED) is 0.504. The fourth-order valence-corrected chi connectivity index (χ4v) is 3.19. The van der Waals surface area contributed by atoms with Crippen LogP contribution in [0.2, 0.25) is 0 Å². The molecule has 0 atom stereocenters. The molecule has 3 rings (SSSR count). The van der Waals surface area contributed by atoms with Crippen LogP contribution in [0.25, 0.3) is 16.9 Å². The highest BCUT2D eigenvalue weighted by atomic mass is 16.5. The molecule has 2 aromatic carbocycles. The molecule has 0 N–H and O–H groups in total. The molecule has 0 aliphatic rings. The summed E-state index contributed by atoms with van der Waals surface area (Å²) in [4.78, 5) is 0. The molecular weight excluding hydrogens is 306 g/mol. The molecule has 0 radical (unpaired) electrons. The molecule has 2 nitrogen and oxygen atoms in total. The lowest BCUT2D eigenvalue weighted by molar-refractivity contribution is 0.138. The van der Waals surface area contributed by atoms with Crippen LogP contribution in [-0.4, -0.2) is 17.8 Å². The van der Waals surface area contributed by atoms with Crippen molar-refractivity contribution in [2.75, 3.05) is 13.2 Å². The molecule has 0 amide bonds. The second-order valence-corrected chi connectivity index (χ2v) is 6.54. The van der Waals surface area contributed by atoms with Gasteiger partial charge in [-0.25, -0.2) is 0 Å². The highest BCUT2D eigenvalue weighted by Crippen LogP contribution is 2.30. The number of nitrogens with zero attached hydrogens (tertiary/aromatic N) is 1. The summed E-state index contributed by atoms with van der Waals surface area (Å²) in [5.74, 6) is 0. The molecule has 0 bridgehead atoms. The van der Waals surface area contributed by atoms with Crippen molar-refractivity contribution in [2.24, 2.45) is 0 Å². The van der Waals surface area contributed by atoms with Crippen molar-refractivity contribution in [3.05, 3.63) is 77.5 Å². The van der Waals surface area contributed by atoms with Gasteiger partial charge in [0, 0.05) is 18.0 Å². The van der Waals surface area contributed by atoms with E-state index in [-0.39, 0.29) is 0 Å². The summed E-state index contributed by atoms with van der Waals surface area (Å²) in [6.07, 6.45) is 2.02. The van der Waals surface area contributed by atoms with Crippen molar-refractivity contribution in [2.45, 2.75) is 33.6 Å². The van der Waals surface area contributed by atoms with E-state index in [9.17, 15) is 0 Å². The van der Waals surface area contributed by atoms with Crippen LogP contribution in [0.4, 0.5) is 0 Å². The SMILES string of the molecule is CCCOCCc1cc(-c2ccc(C)cc2)n(-c2ccccc2)c1C. The third-order valence-electron chi connectivity index (χ3n) is 4.58. The van der Waals surface area contributed by atoms with Gasteiger partial charge in [0.25, 0.3) is 0 Å². The van der Waals surface area contributed by atoms with Crippen molar-refractivity contribution in [1.29, 1.82) is 0 Å². The first-order chi connectivity index (χ1) is 12.2. The van der Waals surface area contributed by atoms with Gasteiger partial charge in [0.2, 0.25) is 0 Å². The lowest BCUT2D eigenvalue weighted by Crippen LogP contribution is -2.02. The lowest BCUT2D eigenvalue weighted by Gasteiger charge is -2.12. The minimum atomic E-state index is 0.779. The number of rotatable bonds is 7. The Morgan fingerprint density at radius 1 is 0.880 bits per heavy atom. The van der Waals surface area contributed by atoms with Crippen LogP contribution < -0.4 is 0 Å². The van der Waals surface area contributed by atoms with E-state index < -0.39 is 0 Å². The molecule has 0 saturated carbocycles. The highest BCUT2D eigenvalue weighted by Gasteiger charge is 2.14. The van der Waals surface area contributed by atoms with Gasteiger partial charge in [0.05, 0.1) is 12.3 Å². The first-order valence-corrected chi connectivity index (χ1v) is 9.12. The summed E-state index contributed by atoms with van der Waals surface area (Å²) in [6.45, 7) is 8.10. The fourth-order valence-electron chi connectivity index (χ4n) is 3.19. The molecule has 2 heteroatoms. The van der Waals surface area contributed by atoms with E-state index in [2.05, 4.69) is 86.0 Å². The second kappa shape index (κ2) is 8.17. The van der Waals surface area contributed by atoms with Gasteiger partial charge in [-0.15, -0.1) is 0 Å². The van der Waals surface area contributed by atoms with Gasteiger partial charge in [-0.1, -0.05) is 55.0 Å². The molecule has 130 valence electrons. The third kappa shape index (κ3) is 4.02. The molecule has 0 unspecified atom stereocenters. The number of aromatic nitrogens is 1. The van der Waals surface area contributed by atoms with Crippen molar-refractivity contribution in [3.63, 3.8) is 0 Å². The summed E-state index contributed by atoms with van der Waals surface area (Å²) in [5, 5.41) is 0. The number of para-hydroxylation sites is 1. The maximum atomic E-state index is 5.71. The molecular formula is C23H27NO. The van der Waals surface area contributed by atoms with Crippen LogP contribution in [0.1, 0.15) is 30.2 Å². The first kappa shape index (κ1) is 17.5. The number of hydrogen-bond donors (Lipinski definition) is 0. The van der Waals surface area contributed by atoms with Crippen molar-refractivity contribution in [3.8, 4) is 16.9 Å². The number of aryl methyl sites for hydroxylation is 1. The zero-order chi connectivity index (χ0) is 17.6. The Bertz CT molecular complexity index is 800. The van der Waals surface area contributed by atoms with Gasteiger partial charge in [-0.2, -0.15) is 0 Å².